The first-order chi connectivity index (χ1) is 19.2. The lowest BCUT2D eigenvalue weighted by atomic mass is 9.95. The Morgan fingerprint density at radius 3 is 2.41 bits per heavy atom. The number of amides is 2. The lowest BCUT2D eigenvalue weighted by Crippen LogP contribution is -2.22. The number of carbonyl (C=O) groups excluding carboxylic acids is 2. The second kappa shape index (κ2) is 10.6. The molecule has 2 aromatic heterocycles. The molecule has 0 unspecified atom stereocenters. The fourth-order valence-corrected chi connectivity index (χ4v) is 5.35. The molecule has 196 valence electrons. The van der Waals surface area contributed by atoms with E-state index >= 15 is 0 Å². The summed E-state index contributed by atoms with van der Waals surface area (Å²) in [5.41, 5.74) is 5.12. The number of fused-ring (bicyclic) bond motifs is 2. The Hall–Kier alpha value is -4.62. The maximum Gasteiger partial charge on any atom is 0.259 e. The summed E-state index contributed by atoms with van der Waals surface area (Å²) in [4.78, 5) is 29.7. The van der Waals surface area contributed by atoms with Gasteiger partial charge >= 0.3 is 0 Å². The topological polar surface area (TPSA) is 88.2 Å². The predicted molar refractivity (Wildman–Crippen MR) is 154 cm³/mol. The van der Waals surface area contributed by atoms with Crippen molar-refractivity contribution < 1.29 is 14.3 Å². The van der Waals surface area contributed by atoms with Gasteiger partial charge in [-0.3, -0.25) is 14.9 Å². The first-order valence-electron chi connectivity index (χ1n) is 13.3. The number of nitrogens with one attached hydrogen (secondary N) is 3. The third kappa shape index (κ3) is 4.62. The highest BCUT2D eigenvalue weighted by Gasteiger charge is 2.35. The zero-order chi connectivity index (χ0) is 26.8. The summed E-state index contributed by atoms with van der Waals surface area (Å²) in [5.74, 6) is -0.0306. The van der Waals surface area contributed by atoms with Crippen LogP contribution in [0.5, 0.6) is 5.75 Å². The van der Waals surface area contributed by atoms with E-state index in [9.17, 15) is 9.59 Å². The molecule has 0 atom stereocenters. The van der Waals surface area contributed by atoms with Crippen LogP contribution in [0.2, 0.25) is 0 Å². The molecule has 2 amide bonds. The molecule has 0 radical (unpaired) electrons. The lowest BCUT2D eigenvalue weighted by Gasteiger charge is -2.12. The highest BCUT2D eigenvalue weighted by molar-refractivity contribution is 6.50. The minimum absolute atomic E-state index is 0.385. The Morgan fingerprint density at radius 1 is 0.846 bits per heavy atom. The molecular formula is C32H30N4O3. The molecule has 0 aliphatic carbocycles. The summed E-state index contributed by atoms with van der Waals surface area (Å²) < 4.78 is 8.48. The third-order valence-electron chi connectivity index (χ3n) is 7.16. The van der Waals surface area contributed by atoms with Crippen LogP contribution in [0.1, 0.15) is 30.0 Å². The van der Waals surface area contributed by atoms with Gasteiger partial charge in [0.25, 0.3) is 11.8 Å². The largest absolute Gasteiger partial charge is 0.487 e. The fourth-order valence-electron chi connectivity index (χ4n) is 5.35. The summed E-state index contributed by atoms with van der Waals surface area (Å²) in [6.45, 7) is 5.04. The summed E-state index contributed by atoms with van der Waals surface area (Å²) in [6.07, 6.45) is 4.71. The van der Waals surface area contributed by atoms with Crippen molar-refractivity contribution >= 4 is 44.8 Å². The van der Waals surface area contributed by atoms with Crippen molar-refractivity contribution in [1.82, 2.24) is 20.2 Å². The van der Waals surface area contributed by atoms with Crippen molar-refractivity contribution in [3.63, 3.8) is 0 Å². The van der Waals surface area contributed by atoms with Gasteiger partial charge in [-0.2, -0.15) is 0 Å². The average Bonchev–Trinajstić information content (AvgIpc) is 3.63. The van der Waals surface area contributed by atoms with Crippen molar-refractivity contribution in [1.29, 1.82) is 0 Å². The number of benzene rings is 3. The van der Waals surface area contributed by atoms with Gasteiger partial charge in [-0.05, 0) is 37.2 Å². The molecule has 0 saturated heterocycles. The molecule has 6 rings (SSSR count). The Bertz CT molecular complexity index is 1710. The van der Waals surface area contributed by atoms with Gasteiger partial charge in [-0.1, -0.05) is 67.6 Å². The monoisotopic (exact) mass is 518 g/mol. The van der Waals surface area contributed by atoms with Crippen LogP contribution in [0.3, 0.4) is 0 Å². The molecule has 39 heavy (non-hydrogen) atoms. The maximum atomic E-state index is 13.3. The maximum absolute atomic E-state index is 13.3. The Kier molecular flexibility index (Phi) is 6.73. The third-order valence-corrected chi connectivity index (χ3v) is 7.16. The predicted octanol–water partition coefficient (Wildman–Crippen LogP) is 5.27. The zero-order valence-corrected chi connectivity index (χ0v) is 21.8. The van der Waals surface area contributed by atoms with Crippen LogP contribution in [0, 0.1) is 0 Å². The summed E-state index contributed by atoms with van der Waals surface area (Å²) in [5, 5.41) is 7.70. The van der Waals surface area contributed by atoms with E-state index in [1.807, 2.05) is 85.2 Å². The standard InChI is InChI=1S/C32H30N4O3/c1-2-33-16-9-17-36-19-25(23-13-8-15-27(30(23)36)39-20-21-10-4-3-5-11-21)29-28(31(37)35-32(29)38)24-18-34-26-14-7-6-12-22(24)26/h3-8,10-15,18-19,33-34H,2,9,16-17,20H2,1H3,(H,35,37,38). The van der Waals surface area contributed by atoms with Crippen LogP contribution >= 0.6 is 0 Å². The molecule has 1 aliphatic rings. The summed E-state index contributed by atoms with van der Waals surface area (Å²) in [6, 6.07) is 23.7. The van der Waals surface area contributed by atoms with Gasteiger partial charge in [0.1, 0.15) is 12.4 Å². The van der Waals surface area contributed by atoms with E-state index in [-0.39, 0.29) is 11.8 Å². The first-order valence-corrected chi connectivity index (χ1v) is 13.3. The number of nitrogens with zero attached hydrogens (tertiary/aromatic N) is 1. The highest BCUT2D eigenvalue weighted by atomic mass is 16.5. The van der Waals surface area contributed by atoms with Gasteiger partial charge < -0.3 is 19.6 Å². The second-order valence-electron chi connectivity index (χ2n) is 9.65. The molecule has 3 N–H and O–H groups in total. The SMILES string of the molecule is CCNCCCn1cc(C2=C(c3c[nH]c4ccccc34)C(=O)NC2=O)c2cccc(OCc3ccccc3)c21. The van der Waals surface area contributed by atoms with Crippen molar-refractivity contribution in [2.75, 3.05) is 13.1 Å². The van der Waals surface area contributed by atoms with Crippen molar-refractivity contribution in [2.24, 2.45) is 0 Å². The molecule has 0 fully saturated rings. The number of carbonyl (C=O) groups is 2. The Morgan fingerprint density at radius 2 is 1.59 bits per heavy atom. The van der Waals surface area contributed by atoms with Gasteiger partial charge in [0, 0.05) is 46.4 Å². The van der Waals surface area contributed by atoms with E-state index in [2.05, 4.69) is 27.1 Å². The molecule has 0 spiro atoms. The number of imide groups is 1. The quantitative estimate of drug-likeness (QED) is 0.174. The minimum atomic E-state index is -0.386. The van der Waals surface area contributed by atoms with Crippen LogP contribution < -0.4 is 15.4 Å². The van der Waals surface area contributed by atoms with E-state index in [0.29, 0.717) is 23.3 Å². The molecule has 7 nitrogen and oxygen atoms in total. The number of aromatic amines is 1. The molecule has 3 heterocycles. The molecule has 0 saturated carbocycles. The zero-order valence-electron chi connectivity index (χ0n) is 21.8. The van der Waals surface area contributed by atoms with Crippen LogP contribution in [0.15, 0.2) is 85.2 Å². The lowest BCUT2D eigenvalue weighted by molar-refractivity contribution is -0.122. The number of aryl methyl sites for hydroxylation is 1. The minimum Gasteiger partial charge on any atom is -0.487 e. The van der Waals surface area contributed by atoms with E-state index < -0.39 is 0 Å². The number of aromatic nitrogens is 2. The van der Waals surface area contributed by atoms with Crippen LogP contribution in [-0.4, -0.2) is 34.5 Å². The average molecular weight is 519 g/mol. The van der Waals surface area contributed by atoms with E-state index in [1.165, 1.54) is 0 Å². The van der Waals surface area contributed by atoms with Crippen molar-refractivity contribution in [3.8, 4) is 5.75 Å². The van der Waals surface area contributed by atoms with Gasteiger partial charge in [0.2, 0.25) is 0 Å². The normalized spacial score (nSPS) is 13.6. The van der Waals surface area contributed by atoms with Crippen molar-refractivity contribution in [3.05, 3.63) is 102 Å². The van der Waals surface area contributed by atoms with Gasteiger partial charge in [0.05, 0.1) is 16.7 Å². The number of rotatable bonds is 10. The number of H-pyrrole nitrogens is 1. The van der Waals surface area contributed by atoms with Crippen LogP contribution in [-0.2, 0) is 22.7 Å². The number of ether oxygens (including phenoxy) is 1. The fraction of sp³-hybridized carbons (Fsp3) is 0.188. The summed E-state index contributed by atoms with van der Waals surface area (Å²) in [7, 11) is 0. The highest BCUT2D eigenvalue weighted by Crippen LogP contribution is 2.40. The number of hydrogen-bond donors (Lipinski definition) is 3. The van der Waals surface area contributed by atoms with Crippen molar-refractivity contribution in [2.45, 2.75) is 26.5 Å². The van der Waals surface area contributed by atoms with Gasteiger partial charge in [-0.25, -0.2) is 0 Å². The number of para-hydroxylation sites is 2. The Balaban J connectivity index is 1.50. The Labute approximate surface area is 226 Å². The van der Waals surface area contributed by atoms with Crippen LogP contribution in [0.25, 0.3) is 33.0 Å². The molecule has 5 aromatic rings. The molecule has 0 bridgehead atoms. The van der Waals surface area contributed by atoms with E-state index in [0.717, 1.165) is 64.7 Å². The van der Waals surface area contributed by atoms with E-state index in [4.69, 9.17) is 4.74 Å². The molecule has 1 aliphatic heterocycles. The number of hydrogen-bond acceptors (Lipinski definition) is 4. The first kappa shape index (κ1) is 24.7. The van der Waals surface area contributed by atoms with Crippen LogP contribution in [0.4, 0.5) is 0 Å². The molecule has 3 aromatic carbocycles. The van der Waals surface area contributed by atoms with Gasteiger partial charge in [0.15, 0.2) is 0 Å². The molecular weight excluding hydrogens is 488 g/mol. The van der Waals surface area contributed by atoms with E-state index in [1.54, 1.807) is 0 Å². The molecule has 7 heteroatoms. The second-order valence-corrected chi connectivity index (χ2v) is 9.65. The smallest absolute Gasteiger partial charge is 0.259 e. The van der Waals surface area contributed by atoms with Gasteiger partial charge in [-0.15, -0.1) is 0 Å². The summed E-state index contributed by atoms with van der Waals surface area (Å²) >= 11 is 0.